The minimum Gasteiger partial charge on any atom is -0.393 e. The number of carbonyl (C=O) groups excluding carboxylic acids is 2. The van der Waals surface area contributed by atoms with Gasteiger partial charge in [0, 0.05) is 8.95 Å². The Labute approximate surface area is 241 Å². The number of halogens is 2. The largest absolute Gasteiger partial charge is 0.393 e. The molecule has 0 unspecified atom stereocenters. The number of amides is 2. The number of carbonyl (C=O) groups is 2. The summed E-state index contributed by atoms with van der Waals surface area (Å²) in [4.78, 5) is 23.5. The fraction of sp³-hybridized carbons (Fsp3) is 0.500. The van der Waals surface area contributed by atoms with Crippen LogP contribution >= 0.6 is 31.9 Å². The molecule has 2 heterocycles. The zero-order valence-electron chi connectivity index (χ0n) is 21.9. The maximum atomic E-state index is 12.0. The molecular weight excluding hydrogens is 620 g/mol. The highest BCUT2D eigenvalue weighted by Gasteiger charge is 2.30. The van der Waals surface area contributed by atoms with Crippen LogP contribution in [0.5, 0.6) is 0 Å². The Bertz CT molecular complexity index is 1040. The topological polar surface area (TPSA) is 106 Å². The number of morpholine rings is 2. The van der Waals surface area contributed by atoms with Gasteiger partial charge in [-0.15, -0.1) is 0 Å². The summed E-state index contributed by atoms with van der Waals surface area (Å²) in [5, 5.41) is 14.7. The van der Waals surface area contributed by atoms with Crippen LogP contribution in [0.2, 0.25) is 0 Å². The molecule has 4 atom stereocenters. The van der Waals surface area contributed by atoms with Crippen LogP contribution in [0.25, 0.3) is 0 Å². The van der Waals surface area contributed by atoms with Gasteiger partial charge in [-0.25, -0.2) is 0 Å². The second-order valence-electron chi connectivity index (χ2n) is 10.3. The van der Waals surface area contributed by atoms with E-state index in [-0.39, 0.29) is 36.1 Å². The zero-order chi connectivity index (χ0) is 27.7. The predicted molar refractivity (Wildman–Crippen MR) is 152 cm³/mol. The third kappa shape index (κ3) is 10.4. The van der Waals surface area contributed by atoms with Gasteiger partial charge >= 0.3 is 0 Å². The van der Waals surface area contributed by atoms with Gasteiger partial charge < -0.3 is 30.0 Å². The van der Waals surface area contributed by atoms with E-state index in [2.05, 4.69) is 42.5 Å². The van der Waals surface area contributed by atoms with Crippen LogP contribution < -0.4 is 10.6 Å². The minimum absolute atomic E-state index is 0.0181. The average Bonchev–Trinajstić information content (AvgIpc) is 2.86. The smallest absolute Gasteiger partial charge is 0.251 e. The Morgan fingerprint density at radius 2 is 1.24 bits per heavy atom. The summed E-state index contributed by atoms with van der Waals surface area (Å²) in [6.07, 6.45) is 0.282. The maximum absolute atomic E-state index is 12.0. The van der Waals surface area contributed by atoms with E-state index in [9.17, 15) is 9.59 Å². The van der Waals surface area contributed by atoms with E-state index in [0.29, 0.717) is 19.8 Å². The molecule has 4 rings (SSSR count). The SMILES string of the molecule is CC(C)(C)OC[C@@H]1OC[C@H](Cc2ccc(Br)cc2)NC1=O.O=C1N[C@@H](Cc2ccc(Br)cc2)CO[C@H]1CO. The Morgan fingerprint density at radius 1 is 0.816 bits per heavy atom. The lowest BCUT2D eigenvalue weighted by molar-refractivity contribution is -0.150. The molecule has 2 saturated heterocycles. The first-order valence-electron chi connectivity index (χ1n) is 12.6. The van der Waals surface area contributed by atoms with E-state index < -0.39 is 12.2 Å². The van der Waals surface area contributed by atoms with Crippen LogP contribution in [-0.2, 0) is 36.6 Å². The molecule has 0 radical (unpaired) electrons. The average molecular weight is 656 g/mol. The van der Waals surface area contributed by atoms with Crippen LogP contribution in [0.1, 0.15) is 31.9 Å². The van der Waals surface area contributed by atoms with Gasteiger partial charge in [0.15, 0.2) is 12.2 Å². The normalized spacial score (nSPS) is 23.6. The molecule has 0 aliphatic carbocycles. The summed E-state index contributed by atoms with van der Waals surface area (Å²) in [6.45, 7) is 6.86. The van der Waals surface area contributed by atoms with Crippen molar-refractivity contribution >= 4 is 43.7 Å². The lowest BCUT2D eigenvalue weighted by atomic mass is 10.1. The molecule has 2 aliphatic rings. The Morgan fingerprint density at radius 3 is 1.61 bits per heavy atom. The third-order valence-corrected chi connectivity index (χ3v) is 6.96. The van der Waals surface area contributed by atoms with E-state index in [1.807, 2.05) is 69.3 Å². The first-order valence-corrected chi connectivity index (χ1v) is 14.2. The number of hydrogen-bond acceptors (Lipinski definition) is 6. The van der Waals surface area contributed by atoms with Crippen LogP contribution in [0.3, 0.4) is 0 Å². The van der Waals surface area contributed by atoms with Crippen LogP contribution in [0, 0.1) is 0 Å². The van der Waals surface area contributed by atoms with Crippen molar-refractivity contribution in [1.82, 2.24) is 10.6 Å². The van der Waals surface area contributed by atoms with E-state index in [1.165, 1.54) is 5.56 Å². The number of nitrogens with one attached hydrogen (secondary N) is 2. The molecule has 0 bridgehead atoms. The standard InChI is InChI=1S/C16H22BrNO3.C12H14BrNO3/c1-16(2,3)21-10-14-15(19)18-13(9-20-14)8-11-4-6-12(17)7-5-11;13-9-3-1-8(2-4-9)5-10-7-17-11(6-15)12(16)14-10/h4-7,13-14H,8-10H2,1-3H3,(H,18,19);1-4,10-11,15H,5-7H2,(H,14,16)/t13-,14-;10-,11-/m00/s1. The van der Waals surface area contributed by atoms with Crippen molar-refractivity contribution in [2.24, 2.45) is 0 Å². The molecule has 0 spiro atoms. The van der Waals surface area contributed by atoms with Crippen molar-refractivity contribution in [3.63, 3.8) is 0 Å². The summed E-state index contributed by atoms with van der Waals surface area (Å²) in [5.41, 5.74) is 2.05. The van der Waals surface area contributed by atoms with Gasteiger partial charge in [0.25, 0.3) is 11.8 Å². The van der Waals surface area contributed by atoms with Crippen molar-refractivity contribution in [3.8, 4) is 0 Å². The van der Waals surface area contributed by atoms with Gasteiger partial charge in [-0.3, -0.25) is 9.59 Å². The minimum atomic E-state index is -0.712. The van der Waals surface area contributed by atoms with E-state index in [1.54, 1.807) is 0 Å². The van der Waals surface area contributed by atoms with Crippen LogP contribution in [-0.4, -0.2) is 73.2 Å². The van der Waals surface area contributed by atoms with Gasteiger partial charge in [-0.2, -0.15) is 0 Å². The molecule has 208 valence electrons. The Hall–Kier alpha value is -1.82. The van der Waals surface area contributed by atoms with Gasteiger partial charge in [-0.05, 0) is 69.0 Å². The fourth-order valence-electron chi connectivity index (χ4n) is 3.90. The number of rotatable bonds is 7. The molecule has 2 aliphatic heterocycles. The lowest BCUT2D eigenvalue weighted by Gasteiger charge is -2.31. The number of benzene rings is 2. The summed E-state index contributed by atoms with van der Waals surface area (Å²) >= 11 is 6.79. The summed E-state index contributed by atoms with van der Waals surface area (Å²) < 4.78 is 18.6. The molecule has 38 heavy (non-hydrogen) atoms. The summed E-state index contributed by atoms with van der Waals surface area (Å²) in [7, 11) is 0. The van der Waals surface area contributed by atoms with Gasteiger partial charge in [0.05, 0.1) is 44.1 Å². The van der Waals surface area contributed by atoms with Crippen molar-refractivity contribution in [2.45, 2.75) is 63.5 Å². The molecule has 2 aromatic rings. The molecule has 2 aromatic carbocycles. The first kappa shape index (κ1) is 30.7. The number of aliphatic hydroxyl groups is 1. The van der Waals surface area contributed by atoms with Gasteiger partial charge in [-0.1, -0.05) is 56.1 Å². The second kappa shape index (κ2) is 14.5. The molecule has 0 saturated carbocycles. The quantitative estimate of drug-likeness (QED) is 0.421. The maximum Gasteiger partial charge on any atom is 0.251 e. The monoisotopic (exact) mass is 654 g/mol. The zero-order valence-corrected chi connectivity index (χ0v) is 25.1. The van der Waals surface area contributed by atoms with Crippen LogP contribution in [0.15, 0.2) is 57.5 Å². The van der Waals surface area contributed by atoms with Gasteiger partial charge in [0.2, 0.25) is 0 Å². The van der Waals surface area contributed by atoms with Crippen LogP contribution in [0.4, 0.5) is 0 Å². The summed E-state index contributed by atoms with van der Waals surface area (Å²) in [5.74, 6) is -0.325. The first-order chi connectivity index (χ1) is 18.0. The highest BCUT2D eigenvalue weighted by atomic mass is 79.9. The number of aliphatic hydroxyl groups excluding tert-OH is 1. The molecule has 2 fully saturated rings. The van der Waals surface area contributed by atoms with E-state index >= 15 is 0 Å². The van der Waals surface area contributed by atoms with Crippen molar-refractivity contribution in [3.05, 3.63) is 68.6 Å². The number of hydrogen-bond donors (Lipinski definition) is 3. The Balaban J connectivity index is 0.000000215. The van der Waals surface area contributed by atoms with Gasteiger partial charge in [0.1, 0.15) is 0 Å². The molecule has 2 amide bonds. The van der Waals surface area contributed by atoms with E-state index in [4.69, 9.17) is 19.3 Å². The molecular formula is C28H36Br2N2O6. The third-order valence-electron chi connectivity index (χ3n) is 5.90. The highest BCUT2D eigenvalue weighted by Crippen LogP contribution is 2.16. The van der Waals surface area contributed by atoms with Crippen molar-refractivity contribution in [2.75, 3.05) is 26.4 Å². The van der Waals surface area contributed by atoms with Crippen molar-refractivity contribution in [1.29, 1.82) is 0 Å². The summed E-state index contributed by atoms with van der Waals surface area (Å²) in [6, 6.07) is 16.0. The van der Waals surface area contributed by atoms with Crippen molar-refractivity contribution < 1.29 is 28.9 Å². The molecule has 0 aromatic heterocycles. The fourth-order valence-corrected chi connectivity index (χ4v) is 4.43. The van der Waals surface area contributed by atoms with E-state index in [0.717, 1.165) is 27.4 Å². The molecule has 10 heteroatoms. The molecule has 3 N–H and O–H groups in total. The predicted octanol–water partition coefficient (Wildman–Crippen LogP) is 3.56. The Kier molecular flexibility index (Phi) is 11.7. The lowest BCUT2D eigenvalue weighted by Crippen LogP contribution is -2.53. The molecule has 8 nitrogen and oxygen atoms in total. The highest BCUT2D eigenvalue weighted by molar-refractivity contribution is 9.10. The second-order valence-corrected chi connectivity index (χ2v) is 12.2. The number of ether oxygens (including phenoxy) is 3.